The molecule has 0 aliphatic rings. The van der Waals surface area contributed by atoms with Crippen LogP contribution in [0.4, 0.5) is 0 Å². The van der Waals surface area contributed by atoms with Gasteiger partial charge in [-0.2, -0.15) is 0 Å². The Hall–Kier alpha value is -3.10. The second kappa shape index (κ2) is 7.62. The Balaban J connectivity index is 0.000000937. The average molecular weight is 453 g/mol. The van der Waals surface area contributed by atoms with Gasteiger partial charge in [0.2, 0.25) is 0 Å². The molecule has 1 nitrogen and oxygen atoms in total. The summed E-state index contributed by atoms with van der Waals surface area (Å²) in [5.74, 6) is 0. The molecule has 0 saturated heterocycles. The van der Waals surface area contributed by atoms with E-state index in [1.807, 2.05) is 13.8 Å². The van der Waals surface area contributed by atoms with Gasteiger partial charge in [-0.15, -0.1) is 0 Å². The minimum Gasteiger partial charge on any atom is -0.455 e. The van der Waals surface area contributed by atoms with Crippen molar-refractivity contribution in [3.05, 3.63) is 95.5 Å². The van der Waals surface area contributed by atoms with Crippen LogP contribution in [-0.4, -0.2) is 0 Å². The Morgan fingerprint density at radius 1 is 0.567 bits per heavy atom. The van der Waals surface area contributed by atoms with Gasteiger partial charge in [-0.05, 0) is 63.7 Å². The maximum Gasteiger partial charge on any atom is 0.143 e. The summed E-state index contributed by atoms with van der Waals surface area (Å²) in [4.78, 5) is 0. The highest BCUT2D eigenvalue weighted by molar-refractivity contribution is 9.10. The molecule has 0 spiro atoms. The number of halogens is 1. The largest absolute Gasteiger partial charge is 0.455 e. The highest BCUT2D eigenvalue weighted by Crippen LogP contribution is 2.37. The maximum atomic E-state index is 6.33. The molecular formula is C28H21BrO. The van der Waals surface area contributed by atoms with E-state index in [1.165, 1.54) is 38.1 Å². The molecule has 0 unspecified atom stereocenters. The van der Waals surface area contributed by atoms with Gasteiger partial charge in [0.05, 0.1) is 0 Å². The molecule has 0 aliphatic carbocycles. The van der Waals surface area contributed by atoms with Crippen molar-refractivity contribution in [3.8, 4) is 11.1 Å². The minimum absolute atomic E-state index is 0.937. The summed E-state index contributed by atoms with van der Waals surface area (Å²) in [5, 5.41) is 7.13. The lowest BCUT2D eigenvalue weighted by Gasteiger charge is -2.05. The second-order valence-electron chi connectivity index (χ2n) is 7.18. The number of furan rings is 1. The van der Waals surface area contributed by atoms with E-state index in [0.717, 1.165) is 21.0 Å². The maximum absolute atomic E-state index is 6.33. The highest BCUT2D eigenvalue weighted by atomic mass is 79.9. The van der Waals surface area contributed by atoms with Crippen molar-refractivity contribution in [2.24, 2.45) is 0 Å². The van der Waals surface area contributed by atoms with Gasteiger partial charge in [-0.25, -0.2) is 0 Å². The summed E-state index contributed by atoms with van der Waals surface area (Å²) in [6.07, 6.45) is 0. The third kappa shape index (κ3) is 3.09. The number of rotatable bonds is 1. The Morgan fingerprint density at radius 3 is 2.13 bits per heavy atom. The van der Waals surface area contributed by atoms with Crippen molar-refractivity contribution in [2.45, 2.75) is 13.8 Å². The third-order valence-corrected chi connectivity index (χ3v) is 6.03. The minimum atomic E-state index is 0.937. The van der Waals surface area contributed by atoms with Crippen LogP contribution in [0, 0.1) is 0 Å². The topological polar surface area (TPSA) is 13.1 Å². The molecule has 1 aromatic heterocycles. The fraction of sp³-hybridized carbons (Fsp3) is 0.0714. The molecule has 0 N–H and O–H groups in total. The van der Waals surface area contributed by atoms with Crippen molar-refractivity contribution in [1.29, 1.82) is 0 Å². The van der Waals surface area contributed by atoms with E-state index in [1.54, 1.807) is 0 Å². The summed E-state index contributed by atoms with van der Waals surface area (Å²) >= 11 is 3.51. The first-order valence-electron chi connectivity index (χ1n) is 10.3. The molecule has 0 bridgehead atoms. The first kappa shape index (κ1) is 18.9. The Bertz CT molecular complexity index is 1510. The van der Waals surface area contributed by atoms with Crippen LogP contribution >= 0.6 is 15.9 Å². The van der Waals surface area contributed by atoms with Crippen LogP contribution in [-0.2, 0) is 0 Å². The van der Waals surface area contributed by atoms with E-state index in [4.69, 9.17) is 4.42 Å². The summed E-state index contributed by atoms with van der Waals surface area (Å²) in [6.45, 7) is 4.00. The molecular weight excluding hydrogens is 432 g/mol. The van der Waals surface area contributed by atoms with Gasteiger partial charge in [-0.3, -0.25) is 0 Å². The molecule has 5 aromatic carbocycles. The van der Waals surface area contributed by atoms with Crippen molar-refractivity contribution < 1.29 is 4.42 Å². The third-order valence-electron chi connectivity index (χ3n) is 5.50. The van der Waals surface area contributed by atoms with Crippen LogP contribution in [0.25, 0.3) is 54.6 Å². The fourth-order valence-electron chi connectivity index (χ4n) is 4.07. The van der Waals surface area contributed by atoms with E-state index in [9.17, 15) is 0 Å². The van der Waals surface area contributed by atoms with Gasteiger partial charge in [0.25, 0.3) is 0 Å². The normalized spacial score (nSPS) is 11.2. The molecule has 6 aromatic rings. The second-order valence-corrected chi connectivity index (χ2v) is 8.10. The van der Waals surface area contributed by atoms with Crippen LogP contribution in [0.15, 0.2) is 99.9 Å². The molecule has 0 atom stereocenters. The van der Waals surface area contributed by atoms with Gasteiger partial charge in [0.1, 0.15) is 11.2 Å². The van der Waals surface area contributed by atoms with Crippen LogP contribution in [0.1, 0.15) is 13.8 Å². The number of fused-ring (bicyclic) bond motifs is 6. The summed E-state index contributed by atoms with van der Waals surface area (Å²) < 4.78 is 7.42. The zero-order valence-corrected chi connectivity index (χ0v) is 18.5. The summed E-state index contributed by atoms with van der Waals surface area (Å²) in [5.41, 5.74) is 4.32. The molecule has 6 rings (SSSR count). The first-order chi connectivity index (χ1) is 14.8. The predicted molar refractivity (Wildman–Crippen MR) is 133 cm³/mol. The smallest absolute Gasteiger partial charge is 0.143 e. The molecule has 0 fully saturated rings. The Kier molecular flexibility index (Phi) is 4.80. The summed E-state index contributed by atoms with van der Waals surface area (Å²) in [7, 11) is 0. The highest BCUT2D eigenvalue weighted by Gasteiger charge is 2.11. The van der Waals surface area contributed by atoms with E-state index in [0.29, 0.717) is 0 Å². The van der Waals surface area contributed by atoms with E-state index in [2.05, 4.69) is 107 Å². The van der Waals surface area contributed by atoms with E-state index < -0.39 is 0 Å². The van der Waals surface area contributed by atoms with Crippen LogP contribution < -0.4 is 0 Å². The molecule has 0 amide bonds. The first-order valence-corrected chi connectivity index (χ1v) is 11.1. The van der Waals surface area contributed by atoms with Gasteiger partial charge >= 0.3 is 0 Å². The SMILES string of the molecule is Brc1ccc(-c2ccc3cc4c(cc3c2)oc2c3ccccc3ccc42)cc1.CC. The van der Waals surface area contributed by atoms with Gasteiger partial charge < -0.3 is 4.42 Å². The zero-order chi connectivity index (χ0) is 20.7. The molecule has 1 heterocycles. The number of benzene rings is 5. The van der Waals surface area contributed by atoms with Gasteiger partial charge in [-0.1, -0.05) is 84.4 Å². The number of hydrogen-bond acceptors (Lipinski definition) is 1. The monoisotopic (exact) mass is 452 g/mol. The number of hydrogen-bond donors (Lipinski definition) is 0. The lowest BCUT2D eigenvalue weighted by atomic mass is 9.99. The molecule has 30 heavy (non-hydrogen) atoms. The van der Waals surface area contributed by atoms with Crippen molar-refractivity contribution in [1.82, 2.24) is 0 Å². The molecule has 146 valence electrons. The van der Waals surface area contributed by atoms with Crippen molar-refractivity contribution >= 4 is 59.4 Å². The molecule has 0 aliphatic heterocycles. The molecule has 2 heteroatoms. The van der Waals surface area contributed by atoms with Crippen molar-refractivity contribution in [3.63, 3.8) is 0 Å². The lowest BCUT2D eigenvalue weighted by molar-refractivity contribution is 0.673. The summed E-state index contributed by atoms with van der Waals surface area (Å²) in [6, 6.07) is 32.2. The lowest BCUT2D eigenvalue weighted by Crippen LogP contribution is -1.79. The van der Waals surface area contributed by atoms with Gasteiger partial charge in [0.15, 0.2) is 0 Å². The van der Waals surface area contributed by atoms with E-state index in [-0.39, 0.29) is 0 Å². The molecule has 0 radical (unpaired) electrons. The van der Waals surface area contributed by atoms with Crippen LogP contribution in [0.3, 0.4) is 0 Å². The van der Waals surface area contributed by atoms with Crippen molar-refractivity contribution in [2.75, 3.05) is 0 Å². The van der Waals surface area contributed by atoms with Crippen LogP contribution in [0.2, 0.25) is 0 Å². The average Bonchev–Trinajstić information content (AvgIpc) is 3.17. The zero-order valence-electron chi connectivity index (χ0n) is 16.9. The predicted octanol–water partition coefficient (Wildman–Crippen LogP) is 9.35. The Labute approximate surface area is 184 Å². The van der Waals surface area contributed by atoms with E-state index >= 15 is 0 Å². The standard InChI is InChI=1S/C26H15BrO.C2H6/c27-21-10-7-16(8-11-21)18-5-6-19-14-24-23-12-9-17-3-1-2-4-22(17)26(23)28-25(24)15-20(19)13-18;1-2/h1-15H;1-2H3. The Morgan fingerprint density at radius 2 is 1.30 bits per heavy atom. The van der Waals surface area contributed by atoms with Crippen LogP contribution in [0.5, 0.6) is 0 Å². The molecule has 0 saturated carbocycles. The van der Waals surface area contributed by atoms with Gasteiger partial charge in [0, 0.05) is 20.6 Å². The quantitative estimate of drug-likeness (QED) is 0.242. The fourth-order valence-corrected chi connectivity index (χ4v) is 4.33.